The molecule has 7 nitrogen and oxygen atoms in total. The van der Waals surface area contributed by atoms with Crippen LogP contribution >= 0.6 is 0 Å². The Labute approximate surface area is 174 Å². The third-order valence-corrected chi connectivity index (χ3v) is 5.05. The zero-order valence-electron chi connectivity index (χ0n) is 17.4. The summed E-state index contributed by atoms with van der Waals surface area (Å²) in [5.74, 6) is -0.648. The van der Waals surface area contributed by atoms with Crippen molar-refractivity contribution in [3.8, 4) is 5.75 Å². The van der Waals surface area contributed by atoms with Gasteiger partial charge in [-0.3, -0.25) is 14.4 Å². The highest BCUT2D eigenvalue weighted by atomic mass is 16.3. The molecule has 1 atom stereocenters. The lowest BCUT2D eigenvalue weighted by Crippen LogP contribution is -2.37. The van der Waals surface area contributed by atoms with Crippen molar-refractivity contribution in [1.29, 1.82) is 0 Å². The van der Waals surface area contributed by atoms with Crippen molar-refractivity contribution in [2.24, 2.45) is 0 Å². The first-order chi connectivity index (χ1) is 14.2. The van der Waals surface area contributed by atoms with E-state index in [0.29, 0.717) is 6.42 Å². The minimum atomic E-state index is -0.667. The number of rotatable bonds is 7. The van der Waals surface area contributed by atoms with E-state index < -0.39 is 10.9 Å². The van der Waals surface area contributed by atoms with Crippen LogP contribution in [0.4, 0.5) is 17.1 Å². The molecule has 156 valence electrons. The van der Waals surface area contributed by atoms with Gasteiger partial charge in [-0.1, -0.05) is 42.8 Å². The predicted octanol–water partition coefficient (Wildman–Crippen LogP) is 3.31. The summed E-state index contributed by atoms with van der Waals surface area (Å²) in [6.45, 7) is 3.98. The molecule has 1 amide bonds. The Morgan fingerprint density at radius 1 is 1.03 bits per heavy atom. The first-order valence-electron chi connectivity index (χ1n) is 9.71. The monoisotopic (exact) mass is 407 g/mol. The SMILES string of the molecule is CC[C@@H](Nc1c(Nc2cccc(C(=O)N(C)C)c2O)c(=O)c1=O)c1ccc(C)cc1. The van der Waals surface area contributed by atoms with Crippen LogP contribution in [0.5, 0.6) is 5.75 Å². The van der Waals surface area contributed by atoms with Crippen LogP contribution < -0.4 is 21.5 Å². The largest absolute Gasteiger partial charge is 0.505 e. The average Bonchev–Trinajstić information content (AvgIpc) is 2.74. The van der Waals surface area contributed by atoms with Crippen molar-refractivity contribution in [1.82, 2.24) is 4.90 Å². The van der Waals surface area contributed by atoms with Gasteiger partial charge in [0.2, 0.25) is 0 Å². The van der Waals surface area contributed by atoms with Crippen LogP contribution in [0.3, 0.4) is 0 Å². The molecule has 3 aromatic rings. The van der Waals surface area contributed by atoms with Gasteiger partial charge in [0.15, 0.2) is 5.75 Å². The van der Waals surface area contributed by atoms with E-state index in [0.717, 1.165) is 11.1 Å². The number of para-hydroxylation sites is 1. The van der Waals surface area contributed by atoms with E-state index in [-0.39, 0.29) is 40.3 Å². The number of carbonyl (C=O) groups excluding carboxylic acids is 1. The van der Waals surface area contributed by atoms with Gasteiger partial charge in [-0.2, -0.15) is 0 Å². The maximum Gasteiger partial charge on any atom is 0.257 e. The molecule has 0 aliphatic carbocycles. The van der Waals surface area contributed by atoms with Crippen molar-refractivity contribution in [2.75, 3.05) is 24.7 Å². The molecule has 0 aromatic heterocycles. The van der Waals surface area contributed by atoms with Gasteiger partial charge in [0.05, 0.1) is 17.3 Å². The normalized spacial score (nSPS) is 11.9. The molecule has 0 fully saturated rings. The van der Waals surface area contributed by atoms with E-state index in [9.17, 15) is 19.5 Å². The van der Waals surface area contributed by atoms with E-state index in [1.54, 1.807) is 26.2 Å². The van der Waals surface area contributed by atoms with Crippen LogP contribution in [0.15, 0.2) is 52.1 Å². The summed E-state index contributed by atoms with van der Waals surface area (Å²) in [7, 11) is 3.16. The lowest BCUT2D eigenvalue weighted by molar-refractivity contribution is 0.0824. The smallest absolute Gasteiger partial charge is 0.257 e. The first-order valence-corrected chi connectivity index (χ1v) is 9.71. The van der Waals surface area contributed by atoms with Crippen LogP contribution in [-0.4, -0.2) is 30.0 Å². The molecule has 3 rings (SSSR count). The zero-order valence-corrected chi connectivity index (χ0v) is 17.4. The van der Waals surface area contributed by atoms with Gasteiger partial charge in [-0.25, -0.2) is 0 Å². The third-order valence-electron chi connectivity index (χ3n) is 5.05. The van der Waals surface area contributed by atoms with Crippen molar-refractivity contribution >= 4 is 23.0 Å². The lowest BCUT2D eigenvalue weighted by Gasteiger charge is -2.22. The van der Waals surface area contributed by atoms with E-state index >= 15 is 0 Å². The molecule has 3 N–H and O–H groups in total. The maximum absolute atomic E-state index is 12.2. The zero-order chi connectivity index (χ0) is 22.0. The second-order valence-electron chi connectivity index (χ2n) is 7.45. The molecular weight excluding hydrogens is 382 g/mol. The van der Waals surface area contributed by atoms with Gasteiger partial charge in [0.1, 0.15) is 11.4 Å². The van der Waals surface area contributed by atoms with Crippen molar-refractivity contribution < 1.29 is 9.90 Å². The van der Waals surface area contributed by atoms with Gasteiger partial charge in [0.25, 0.3) is 16.8 Å². The topological polar surface area (TPSA) is 98.7 Å². The standard InChI is InChI=1S/C23H25N3O4/c1-5-16(14-11-9-13(2)10-12-14)24-18-19(22(29)21(18)28)25-17-8-6-7-15(20(17)27)23(30)26(3)4/h6-12,16,24-25,27H,5H2,1-4H3/t16-/m1/s1. The van der Waals surface area contributed by atoms with E-state index in [1.165, 1.54) is 11.0 Å². The molecule has 0 aliphatic rings. The van der Waals surface area contributed by atoms with Gasteiger partial charge in [0, 0.05) is 14.1 Å². The summed E-state index contributed by atoms with van der Waals surface area (Å²) in [4.78, 5) is 38.0. The van der Waals surface area contributed by atoms with Gasteiger partial charge in [-0.05, 0) is 31.0 Å². The molecule has 0 heterocycles. The van der Waals surface area contributed by atoms with Crippen molar-refractivity contribution in [3.63, 3.8) is 0 Å². The number of benzene rings is 2. The fourth-order valence-corrected chi connectivity index (χ4v) is 3.24. The molecule has 0 saturated heterocycles. The second kappa shape index (κ2) is 8.41. The van der Waals surface area contributed by atoms with Crippen LogP contribution in [-0.2, 0) is 0 Å². The van der Waals surface area contributed by atoms with Crippen LogP contribution in [0.2, 0.25) is 0 Å². The summed E-state index contributed by atoms with van der Waals surface area (Å²) in [5, 5.41) is 16.5. The van der Waals surface area contributed by atoms with Crippen molar-refractivity contribution in [2.45, 2.75) is 26.3 Å². The molecule has 30 heavy (non-hydrogen) atoms. The number of anilines is 3. The predicted molar refractivity (Wildman–Crippen MR) is 119 cm³/mol. The summed E-state index contributed by atoms with van der Waals surface area (Å²) in [5.41, 5.74) is 1.40. The maximum atomic E-state index is 12.2. The fourth-order valence-electron chi connectivity index (χ4n) is 3.24. The van der Waals surface area contributed by atoms with Crippen LogP contribution in [0, 0.1) is 6.92 Å². The lowest BCUT2D eigenvalue weighted by atomic mass is 10.0. The molecule has 0 saturated carbocycles. The molecule has 3 aromatic carbocycles. The third kappa shape index (κ3) is 3.91. The Bertz CT molecular complexity index is 1140. The van der Waals surface area contributed by atoms with Gasteiger partial charge >= 0.3 is 0 Å². The number of nitrogens with one attached hydrogen (secondary N) is 2. The molecule has 0 aliphatic heterocycles. The number of aryl methyl sites for hydroxylation is 1. The van der Waals surface area contributed by atoms with Gasteiger partial charge in [-0.15, -0.1) is 0 Å². The Morgan fingerprint density at radius 2 is 1.67 bits per heavy atom. The minimum absolute atomic E-state index is 0.0790. The highest BCUT2D eigenvalue weighted by molar-refractivity contribution is 5.99. The molecule has 0 bridgehead atoms. The molecule has 7 heteroatoms. The van der Waals surface area contributed by atoms with Crippen molar-refractivity contribution in [3.05, 3.63) is 79.6 Å². The number of hydrogen-bond acceptors (Lipinski definition) is 6. The van der Waals surface area contributed by atoms with Gasteiger partial charge < -0.3 is 20.6 Å². The summed E-state index contributed by atoms with van der Waals surface area (Å²) in [6.07, 6.45) is 0.708. The first kappa shape index (κ1) is 21.1. The number of phenols is 1. The highest BCUT2D eigenvalue weighted by Gasteiger charge is 2.25. The molecule has 0 radical (unpaired) electrons. The van der Waals surface area contributed by atoms with E-state index in [2.05, 4.69) is 10.6 Å². The Kier molecular flexibility index (Phi) is 5.91. The Morgan fingerprint density at radius 3 is 2.27 bits per heavy atom. The number of phenolic OH excluding ortho intramolecular Hbond substituents is 1. The number of hydrogen-bond donors (Lipinski definition) is 3. The Balaban J connectivity index is 1.90. The molecule has 0 spiro atoms. The Hall–Kier alpha value is -3.61. The summed E-state index contributed by atoms with van der Waals surface area (Å²) < 4.78 is 0. The van der Waals surface area contributed by atoms with Crippen LogP contribution in [0.1, 0.15) is 40.9 Å². The number of aromatic hydroxyl groups is 1. The highest BCUT2D eigenvalue weighted by Crippen LogP contribution is 2.33. The van der Waals surface area contributed by atoms with Crippen LogP contribution in [0.25, 0.3) is 0 Å². The summed E-state index contributed by atoms with van der Waals surface area (Å²) in [6, 6.07) is 12.4. The molecule has 0 unspecified atom stereocenters. The molecular formula is C23H25N3O4. The number of nitrogens with zero attached hydrogens (tertiary/aromatic N) is 1. The van der Waals surface area contributed by atoms with E-state index in [4.69, 9.17) is 0 Å². The quantitative estimate of drug-likeness (QED) is 0.411. The minimum Gasteiger partial charge on any atom is -0.505 e. The second-order valence-corrected chi connectivity index (χ2v) is 7.45. The summed E-state index contributed by atoms with van der Waals surface area (Å²) >= 11 is 0. The van der Waals surface area contributed by atoms with E-state index in [1.807, 2.05) is 38.1 Å². The average molecular weight is 407 g/mol. The fraction of sp³-hybridized carbons (Fsp3) is 0.261. The number of amides is 1. The number of carbonyl (C=O) groups is 1.